The summed E-state index contributed by atoms with van der Waals surface area (Å²) < 4.78 is 0. The van der Waals surface area contributed by atoms with Gasteiger partial charge in [-0.05, 0) is 93.0 Å². The van der Waals surface area contributed by atoms with Crippen molar-refractivity contribution < 1.29 is 0 Å². The molecule has 0 heteroatoms. The standard InChI is InChI=1S/C26H30/c1-3-5-6-8-22-11-15-24(16-12-22)26-19-17-25(18-20-26)23-13-9-21(7-4-2)10-14-23/h3,5,9-10,13-14,17-20,22,24H,6,8,11-12,15-16H2,1-2H3/b5-3+/t22-,24-. The molecule has 2 aromatic rings. The van der Waals surface area contributed by atoms with E-state index in [0.29, 0.717) is 0 Å². The van der Waals surface area contributed by atoms with Gasteiger partial charge in [-0.2, -0.15) is 0 Å². The minimum absolute atomic E-state index is 0.754. The van der Waals surface area contributed by atoms with E-state index in [2.05, 4.69) is 79.4 Å². The first-order valence-electron chi connectivity index (χ1n) is 10.0. The predicted octanol–water partition coefficient (Wildman–Crippen LogP) is 7.36. The van der Waals surface area contributed by atoms with Gasteiger partial charge in [-0.1, -0.05) is 54.5 Å². The number of allylic oxidation sites excluding steroid dienone is 2. The second-order valence-electron chi connectivity index (χ2n) is 7.44. The molecule has 0 unspecified atom stereocenters. The largest absolute Gasteiger partial charge is 0.101 e. The highest BCUT2D eigenvalue weighted by Crippen LogP contribution is 2.38. The van der Waals surface area contributed by atoms with Crippen molar-refractivity contribution in [3.8, 4) is 23.0 Å². The zero-order chi connectivity index (χ0) is 18.2. The van der Waals surface area contributed by atoms with Gasteiger partial charge in [-0.3, -0.25) is 0 Å². The van der Waals surface area contributed by atoms with Crippen LogP contribution < -0.4 is 0 Å². The summed E-state index contributed by atoms with van der Waals surface area (Å²) >= 11 is 0. The average Bonchev–Trinajstić information content (AvgIpc) is 2.70. The van der Waals surface area contributed by atoms with Crippen LogP contribution in [0.1, 0.15) is 69.4 Å². The average molecular weight is 343 g/mol. The van der Waals surface area contributed by atoms with E-state index in [-0.39, 0.29) is 0 Å². The number of benzene rings is 2. The van der Waals surface area contributed by atoms with Gasteiger partial charge in [0.25, 0.3) is 0 Å². The zero-order valence-electron chi connectivity index (χ0n) is 16.2. The van der Waals surface area contributed by atoms with Crippen LogP contribution in [0.4, 0.5) is 0 Å². The van der Waals surface area contributed by atoms with E-state index < -0.39 is 0 Å². The van der Waals surface area contributed by atoms with Gasteiger partial charge in [0.1, 0.15) is 0 Å². The SMILES string of the molecule is CC#Cc1ccc(-c2ccc([C@H]3CC[C@H](CC/C=C/C)CC3)cc2)cc1. The van der Waals surface area contributed by atoms with Crippen LogP contribution in [-0.2, 0) is 0 Å². The van der Waals surface area contributed by atoms with Crippen LogP contribution in [0.5, 0.6) is 0 Å². The second kappa shape index (κ2) is 9.44. The number of rotatable bonds is 5. The number of hydrogen-bond donors (Lipinski definition) is 0. The van der Waals surface area contributed by atoms with Crippen LogP contribution in [-0.4, -0.2) is 0 Å². The lowest BCUT2D eigenvalue weighted by molar-refractivity contribution is 0.312. The third-order valence-corrected chi connectivity index (χ3v) is 5.69. The summed E-state index contributed by atoms with van der Waals surface area (Å²) in [7, 11) is 0. The Morgan fingerprint density at radius 3 is 2.08 bits per heavy atom. The van der Waals surface area contributed by atoms with E-state index >= 15 is 0 Å². The van der Waals surface area contributed by atoms with E-state index in [1.807, 2.05) is 6.92 Å². The first-order chi connectivity index (χ1) is 12.8. The van der Waals surface area contributed by atoms with E-state index in [4.69, 9.17) is 0 Å². The van der Waals surface area contributed by atoms with Crippen LogP contribution in [0, 0.1) is 17.8 Å². The first-order valence-corrected chi connectivity index (χ1v) is 10.0. The third kappa shape index (κ3) is 4.89. The highest BCUT2D eigenvalue weighted by molar-refractivity contribution is 5.64. The molecule has 0 atom stereocenters. The maximum atomic E-state index is 3.10. The molecule has 0 saturated heterocycles. The topological polar surface area (TPSA) is 0 Å². The van der Waals surface area contributed by atoms with Gasteiger partial charge in [0.2, 0.25) is 0 Å². The van der Waals surface area contributed by atoms with Crippen LogP contribution >= 0.6 is 0 Å². The van der Waals surface area contributed by atoms with E-state index in [0.717, 1.165) is 17.4 Å². The monoisotopic (exact) mass is 342 g/mol. The second-order valence-corrected chi connectivity index (χ2v) is 7.44. The van der Waals surface area contributed by atoms with Crippen molar-refractivity contribution in [2.75, 3.05) is 0 Å². The predicted molar refractivity (Wildman–Crippen MR) is 113 cm³/mol. The molecule has 0 spiro atoms. The smallest absolute Gasteiger partial charge is 0.0245 e. The minimum atomic E-state index is 0.754. The Bertz CT molecular complexity index is 758. The van der Waals surface area contributed by atoms with Crippen molar-refractivity contribution in [1.82, 2.24) is 0 Å². The fourth-order valence-corrected chi connectivity index (χ4v) is 4.12. The van der Waals surface area contributed by atoms with Gasteiger partial charge in [0, 0.05) is 5.56 Å². The normalized spacial score (nSPS) is 19.9. The molecular weight excluding hydrogens is 312 g/mol. The highest BCUT2D eigenvalue weighted by atomic mass is 14.3. The van der Waals surface area contributed by atoms with Crippen LogP contribution in [0.15, 0.2) is 60.7 Å². The molecular formula is C26H30. The van der Waals surface area contributed by atoms with Gasteiger partial charge < -0.3 is 0 Å². The summed E-state index contributed by atoms with van der Waals surface area (Å²) in [6.45, 7) is 4.00. The zero-order valence-corrected chi connectivity index (χ0v) is 16.2. The van der Waals surface area contributed by atoms with Crippen LogP contribution in [0.25, 0.3) is 11.1 Å². The van der Waals surface area contributed by atoms with Crippen molar-refractivity contribution in [2.45, 2.75) is 58.3 Å². The summed E-state index contributed by atoms with van der Waals surface area (Å²) in [6.07, 6.45) is 12.6. The lowest BCUT2D eigenvalue weighted by atomic mass is 9.77. The fraction of sp³-hybridized carbons (Fsp3) is 0.385. The summed E-state index contributed by atoms with van der Waals surface area (Å²) in [5.74, 6) is 7.75. The summed E-state index contributed by atoms with van der Waals surface area (Å²) in [5, 5.41) is 0. The summed E-state index contributed by atoms with van der Waals surface area (Å²) in [4.78, 5) is 0. The first kappa shape index (κ1) is 18.5. The molecule has 0 heterocycles. The van der Waals surface area contributed by atoms with Gasteiger partial charge in [0.15, 0.2) is 0 Å². The van der Waals surface area contributed by atoms with Gasteiger partial charge in [0.05, 0.1) is 0 Å². The molecule has 1 aliphatic carbocycles. The lowest BCUT2D eigenvalue weighted by Crippen LogP contribution is -2.13. The minimum Gasteiger partial charge on any atom is -0.101 e. The highest BCUT2D eigenvalue weighted by Gasteiger charge is 2.21. The molecule has 0 aromatic heterocycles. The fourth-order valence-electron chi connectivity index (χ4n) is 4.12. The quantitative estimate of drug-likeness (QED) is 0.393. The van der Waals surface area contributed by atoms with Crippen molar-refractivity contribution in [3.63, 3.8) is 0 Å². The molecule has 134 valence electrons. The molecule has 1 fully saturated rings. The van der Waals surface area contributed by atoms with Crippen LogP contribution in [0.2, 0.25) is 0 Å². The Hall–Kier alpha value is -2.26. The molecule has 0 bridgehead atoms. The molecule has 26 heavy (non-hydrogen) atoms. The molecule has 3 rings (SSSR count). The Morgan fingerprint density at radius 1 is 0.885 bits per heavy atom. The lowest BCUT2D eigenvalue weighted by Gasteiger charge is -2.28. The van der Waals surface area contributed by atoms with Gasteiger partial charge in [-0.15, -0.1) is 5.92 Å². The Morgan fingerprint density at radius 2 is 1.50 bits per heavy atom. The molecule has 2 aromatic carbocycles. The van der Waals surface area contributed by atoms with E-state index in [1.165, 1.54) is 55.2 Å². The molecule has 0 radical (unpaired) electrons. The van der Waals surface area contributed by atoms with E-state index in [9.17, 15) is 0 Å². The summed E-state index contributed by atoms with van der Waals surface area (Å²) in [5.41, 5.74) is 5.17. The molecule has 0 nitrogen and oxygen atoms in total. The molecule has 0 N–H and O–H groups in total. The van der Waals surface area contributed by atoms with E-state index in [1.54, 1.807) is 0 Å². The number of hydrogen-bond acceptors (Lipinski definition) is 0. The van der Waals surface area contributed by atoms with Crippen molar-refractivity contribution in [3.05, 3.63) is 71.8 Å². The Kier molecular flexibility index (Phi) is 6.73. The van der Waals surface area contributed by atoms with Crippen molar-refractivity contribution in [2.24, 2.45) is 5.92 Å². The third-order valence-electron chi connectivity index (χ3n) is 5.69. The van der Waals surface area contributed by atoms with Gasteiger partial charge in [-0.25, -0.2) is 0 Å². The van der Waals surface area contributed by atoms with Crippen LogP contribution in [0.3, 0.4) is 0 Å². The Balaban J connectivity index is 1.58. The summed E-state index contributed by atoms with van der Waals surface area (Å²) in [6, 6.07) is 17.8. The molecule has 0 amide bonds. The molecule has 0 aliphatic heterocycles. The molecule has 1 aliphatic rings. The maximum Gasteiger partial charge on any atom is 0.0245 e. The van der Waals surface area contributed by atoms with Gasteiger partial charge >= 0.3 is 0 Å². The maximum absolute atomic E-state index is 3.10. The van der Waals surface area contributed by atoms with Crippen molar-refractivity contribution in [1.29, 1.82) is 0 Å². The van der Waals surface area contributed by atoms with Crippen molar-refractivity contribution >= 4 is 0 Å². The molecule has 1 saturated carbocycles. The Labute approximate surface area is 159 Å².